The maximum Gasteiger partial charge on any atom is 0.364 e. The van der Waals surface area contributed by atoms with Gasteiger partial charge in [0.25, 0.3) is 0 Å². The first-order valence-corrected chi connectivity index (χ1v) is 4.33. The van der Waals surface area contributed by atoms with Crippen molar-refractivity contribution >= 4 is 7.68 Å². The van der Waals surface area contributed by atoms with Crippen LogP contribution in [0.2, 0.25) is 0 Å². The van der Waals surface area contributed by atoms with Gasteiger partial charge in [-0.1, -0.05) is 0 Å². The van der Waals surface area contributed by atoms with E-state index in [2.05, 4.69) is 4.52 Å². The zero-order valence-electron chi connectivity index (χ0n) is 5.72. The molecule has 0 aromatic carbocycles. The SMILES string of the molecule is CC(C)OP(C)(=O)F.O. The lowest BCUT2D eigenvalue weighted by molar-refractivity contribution is 0.227. The maximum absolute atomic E-state index is 12.0. The van der Waals surface area contributed by atoms with E-state index in [4.69, 9.17) is 0 Å². The van der Waals surface area contributed by atoms with Crippen molar-refractivity contribution in [2.45, 2.75) is 20.0 Å². The topological polar surface area (TPSA) is 57.8 Å². The van der Waals surface area contributed by atoms with E-state index in [1.165, 1.54) is 0 Å². The molecule has 0 saturated carbocycles. The summed E-state index contributed by atoms with van der Waals surface area (Å²) < 4.78 is 26.4. The first-order chi connectivity index (χ1) is 3.42. The fourth-order valence-electron chi connectivity index (χ4n) is 0.377. The summed E-state index contributed by atoms with van der Waals surface area (Å²) in [4.78, 5) is 0. The van der Waals surface area contributed by atoms with Crippen LogP contribution in [0, 0.1) is 0 Å². The van der Waals surface area contributed by atoms with Gasteiger partial charge >= 0.3 is 7.68 Å². The largest absolute Gasteiger partial charge is 0.412 e. The van der Waals surface area contributed by atoms with Gasteiger partial charge in [0.05, 0.1) is 6.10 Å². The second-order valence-electron chi connectivity index (χ2n) is 1.90. The van der Waals surface area contributed by atoms with Crippen LogP contribution in [0.4, 0.5) is 4.20 Å². The molecular formula is C4H12FO3P. The van der Waals surface area contributed by atoms with Crippen LogP contribution in [-0.2, 0) is 9.09 Å². The standard InChI is InChI=1S/C4H10FO2P.H2O/c1-4(2)7-8(3,5)6;/h4H,1-3H3;1H2. The molecule has 1 unspecified atom stereocenters. The molecule has 9 heavy (non-hydrogen) atoms. The summed E-state index contributed by atoms with van der Waals surface area (Å²) in [6.07, 6.45) is -0.296. The van der Waals surface area contributed by atoms with E-state index in [-0.39, 0.29) is 11.6 Å². The van der Waals surface area contributed by atoms with Gasteiger partial charge in [0.2, 0.25) is 0 Å². The zero-order valence-corrected chi connectivity index (χ0v) is 6.61. The van der Waals surface area contributed by atoms with Crippen molar-refractivity contribution in [1.29, 1.82) is 0 Å². The van der Waals surface area contributed by atoms with E-state index in [1.54, 1.807) is 13.8 Å². The van der Waals surface area contributed by atoms with Crippen molar-refractivity contribution in [3.8, 4) is 0 Å². The molecule has 0 aliphatic heterocycles. The Balaban J connectivity index is 0. The average molecular weight is 158 g/mol. The van der Waals surface area contributed by atoms with E-state index < -0.39 is 7.68 Å². The van der Waals surface area contributed by atoms with Crippen molar-refractivity contribution in [1.82, 2.24) is 0 Å². The molecule has 0 saturated heterocycles. The Labute approximate surface area is 54.1 Å². The summed E-state index contributed by atoms with van der Waals surface area (Å²) >= 11 is 0. The van der Waals surface area contributed by atoms with Gasteiger partial charge in [-0.25, -0.2) is 0 Å². The van der Waals surface area contributed by atoms with Gasteiger partial charge in [0, 0.05) is 6.66 Å². The van der Waals surface area contributed by atoms with Crippen molar-refractivity contribution in [2.75, 3.05) is 6.66 Å². The third-order valence-corrected chi connectivity index (χ3v) is 1.20. The first-order valence-electron chi connectivity index (χ1n) is 2.37. The normalized spacial score (nSPS) is 16.6. The van der Waals surface area contributed by atoms with Crippen LogP contribution < -0.4 is 0 Å². The van der Waals surface area contributed by atoms with Gasteiger partial charge in [-0.15, -0.1) is 0 Å². The Hall–Kier alpha value is 0.0800. The van der Waals surface area contributed by atoms with Gasteiger partial charge < -0.3 is 10.00 Å². The molecule has 0 aromatic heterocycles. The molecule has 0 rings (SSSR count). The molecule has 0 amide bonds. The molecule has 0 spiro atoms. The van der Waals surface area contributed by atoms with Crippen molar-refractivity contribution < 1.29 is 18.8 Å². The van der Waals surface area contributed by atoms with Crippen LogP contribution in [0.25, 0.3) is 0 Å². The predicted molar refractivity (Wildman–Crippen MR) is 34.5 cm³/mol. The highest BCUT2D eigenvalue weighted by Gasteiger charge is 2.13. The molecular weight excluding hydrogens is 146 g/mol. The fourth-order valence-corrected chi connectivity index (χ4v) is 1.13. The summed E-state index contributed by atoms with van der Waals surface area (Å²) in [6, 6.07) is 0. The first kappa shape index (κ1) is 11.8. The molecule has 0 heterocycles. The predicted octanol–water partition coefficient (Wildman–Crippen LogP) is 1.38. The van der Waals surface area contributed by atoms with E-state index in [1.807, 2.05) is 0 Å². The molecule has 0 aliphatic rings. The molecule has 2 N–H and O–H groups in total. The van der Waals surface area contributed by atoms with Crippen molar-refractivity contribution in [3.63, 3.8) is 0 Å². The smallest absolute Gasteiger partial charge is 0.364 e. The van der Waals surface area contributed by atoms with Crippen LogP contribution in [0.3, 0.4) is 0 Å². The maximum atomic E-state index is 12.0. The Kier molecular flexibility index (Phi) is 5.24. The van der Waals surface area contributed by atoms with E-state index in [0.717, 1.165) is 6.66 Å². The second-order valence-corrected chi connectivity index (χ2v) is 3.61. The Bertz CT molecular complexity index is 108. The average Bonchev–Trinajstić information content (AvgIpc) is 1.21. The minimum Gasteiger partial charge on any atom is -0.412 e. The third-order valence-electron chi connectivity index (χ3n) is 0.399. The van der Waals surface area contributed by atoms with Gasteiger partial charge in [-0.05, 0) is 13.8 Å². The summed E-state index contributed by atoms with van der Waals surface area (Å²) in [5, 5.41) is 0. The molecule has 0 aliphatic carbocycles. The highest BCUT2D eigenvalue weighted by atomic mass is 31.2. The van der Waals surface area contributed by atoms with Gasteiger partial charge in [0.1, 0.15) is 0 Å². The lowest BCUT2D eigenvalue weighted by Crippen LogP contribution is -1.96. The minimum absolute atomic E-state index is 0. The zero-order chi connectivity index (χ0) is 6.78. The summed E-state index contributed by atoms with van der Waals surface area (Å²) in [7, 11) is -3.72. The lowest BCUT2D eigenvalue weighted by atomic mass is 10.5. The van der Waals surface area contributed by atoms with Crippen LogP contribution in [0.15, 0.2) is 0 Å². The van der Waals surface area contributed by atoms with Crippen molar-refractivity contribution in [2.24, 2.45) is 0 Å². The summed E-state index contributed by atoms with van der Waals surface area (Å²) in [6.45, 7) is 4.22. The number of rotatable bonds is 2. The molecule has 0 radical (unpaired) electrons. The molecule has 0 bridgehead atoms. The van der Waals surface area contributed by atoms with Crippen LogP contribution in [0.1, 0.15) is 13.8 Å². The summed E-state index contributed by atoms with van der Waals surface area (Å²) in [5.41, 5.74) is 0. The Morgan fingerprint density at radius 1 is 1.56 bits per heavy atom. The molecule has 58 valence electrons. The third kappa shape index (κ3) is 11.6. The molecule has 1 atom stereocenters. The van der Waals surface area contributed by atoms with Gasteiger partial charge in [0.15, 0.2) is 0 Å². The van der Waals surface area contributed by atoms with Crippen molar-refractivity contribution in [3.05, 3.63) is 0 Å². The molecule has 5 heteroatoms. The van der Waals surface area contributed by atoms with Gasteiger partial charge in [-0.3, -0.25) is 4.57 Å². The van der Waals surface area contributed by atoms with Crippen LogP contribution >= 0.6 is 7.68 Å². The van der Waals surface area contributed by atoms with Crippen LogP contribution in [0.5, 0.6) is 0 Å². The Morgan fingerprint density at radius 2 is 1.89 bits per heavy atom. The quantitative estimate of drug-likeness (QED) is 0.570. The van der Waals surface area contributed by atoms with Crippen LogP contribution in [-0.4, -0.2) is 18.2 Å². The molecule has 0 aromatic rings. The highest BCUT2D eigenvalue weighted by Crippen LogP contribution is 2.44. The van der Waals surface area contributed by atoms with E-state index >= 15 is 0 Å². The molecule has 3 nitrogen and oxygen atoms in total. The monoisotopic (exact) mass is 158 g/mol. The number of halogens is 1. The van der Waals surface area contributed by atoms with E-state index in [0.29, 0.717) is 0 Å². The number of hydrogen-bond acceptors (Lipinski definition) is 2. The number of hydrogen-bond donors (Lipinski definition) is 0. The minimum atomic E-state index is -3.72. The Morgan fingerprint density at radius 3 is 1.89 bits per heavy atom. The fraction of sp³-hybridized carbons (Fsp3) is 1.00. The molecule has 0 fully saturated rings. The van der Waals surface area contributed by atoms with E-state index in [9.17, 15) is 8.76 Å². The summed E-state index contributed by atoms with van der Waals surface area (Å²) in [5.74, 6) is 0. The van der Waals surface area contributed by atoms with Gasteiger partial charge in [-0.2, -0.15) is 4.20 Å². The second kappa shape index (κ2) is 3.99. The highest BCUT2D eigenvalue weighted by molar-refractivity contribution is 7.52. The lowest BCUT2D eigenvalue weighted by Gasteiger charge is -2.06.